The van der Waals surface area contributed by atoms with Crippen molar-refractivity contribution in [1.82, 2.24) is 0 Å². The number of Topliss-reactive ketones (excluding diaryl/α,β-unsaturated/α-hetero) is 1. The summed E-state index contributed by atoms with van der Waals surface area (Å²) in [5.41, 5.74) is 21.4. The first-order valence-corrected chi connectivity index (χ1v) is 8.78. The zero-order chi connectivity index (χ0) is 18.2. The molecule has 0 saturated carbocycles. The summed E-state index contributed by atoms with van der Waals surface area (Å²) in [5.74, 6) is -3.96. The summed E-state index contributed by atoms with van der Waals surface area (Å²) in [6.45, 7) is 0. The van der Waals surface area contributed by atoms with E-state index >= 15 is 0 Å². The minimum atomic E-state index is -1.53. The summed E-state index contributed by atoms with van der Waals surface area (Å²) in [7, 11) is 1.71. The van der Waals surface area contributed by atoms with Crippen LogP contribution in [0, 0.1) is 0 Å². The van der Waals surface area contributed by atoms with E-state index in [1.54, 1.807) is 0 Å². The Hall–Kier alpha value is -1.34. The number of amides is 1. The van der Waals surface area contributed by atoms with Gasteiger partial charge in [0.05, 0.1) is 6.04 Å². The van der Waals surface area contributed by atoms with Gasteiger partial charge in [-0.1, -0.05) is 21.6 Å². The molecule has 0 aliphatic heterocycles. The molecule has 0 fully saturated rings. The number of hydrogen-bond donors (Lipinski definition) is 6. The van der Waals surface area contributed by atoms with Gasteiger partial charge in [0.2, 0.25) is 5.91 Å². The molecule has 0 rings (SSSR count). The second-order valence-corrected chi connectivity index (χ2v) is 7.18. The third-order valence-corrected chi connectivity index (χ3v) is 5.50. The molecule has 0 radical (unpaired) electrons. The quantitative estimate of drug-likeness (QED) is 0.202. The van der Waals surface area contributed by atoms with Crippen LogP contribution in [0.25, 0.3) is 0 Å². The lowest BCUT2D eigenvalue weighted by atomic mass is 10.0. The van der Waals surface area contributed by atoms with Crippen molar-refractivity contribution in [1.29, 1.82) is 0 Å². The van der Waals surface area contributed by atoms with Crippen molar-refractivity contribution in [2.24, 2.45) is 22.9 Å². The molecule has 0 spiro atoms. The van der Waals surface area contributed by atoms with E-state index in [0.29, 0.717) is 0 Å². The van der Waals surface area contributed by atoms with Crippen molar-refractivity contribution in [2.75, 3.05) is 5.75 Å². The molecule has 4 atom stereocenters. The Balaban J connectivity index is 4.79. The number of carbonyl (C=O) groups is 4. The molecular formula is C11H20N4O6S2. The molecule has 0 aromatic carbocycles. The van der Waals surface area contributed by atoms with Gasteiger partial charge in [0.15, 0.2) is 5.78 Å². The summed E-state index contributed by atoms with van der Waals surface area (Å²) >= 11 is 0. The maximum absolute atomic E-state index is 12.2. The van der Waals surface area contributed by atoms with Crippen LogP contribution in [-0.2, 0) is 19.2 Å². The van der Waals surface area contributed by atoms with Crippen LogP contribution in [0.2, 0.25) is 0 Å². The highest BCUT2D eigenvalue weighted by Crippen LogP contribution is 2.30. The number of carbonyl (C=O) groups excluding carboxylic acids is 2. The van der Waals surface area contributed by atoms with Gasteiger partial charge in [0.1, 0.15) is 17.3 Å². The lowest BCUT2D eigenvalue weighted by Crippen LogP contribution is -2.49. The summed E-state index contributed by atoms with van der Waals surface area (Å²) in [6.07, 6.45) is -0.152. The number of hydrogen-bond acceptors (Lipinski definition) is 9. The average Bonchev–Trinajstić information content (AvgIpc) is 2.47. The smallest absolute Gasteiger partial charge is 0.322 e. The van der Waals surface area contributed by atoms with Gasteiger partial charge in [-0.15, -0.1) is 0 Å². The number of aliphatic carboxylic acids is 2. The van der Waals surface area contributed by atoms with Crippen molar-refractivity contribution < 1.29 is 29.4 Å². The third kappa shape index (κ3) is 8.18. The van der Waals surface area contributed by atoms with Gasteiger partial charge >= 0.3 is 11.9 Å². The van der Waals surface area contributed by atoms with Gasteiger partial charge in [0.25, 0.3) is 0 Å². The van der Waals surface area contributed by atoms with Crippen LogP contribution in [0.1, 0.15) is 12.8 Å². The van der Waals surface area contributed by atoms with Gasteiger partial charge < -0.3 is 33.1 Å². The molecule has 23 heavy (non-hydrogen) atoms. The van der Waals surface area contributed by atoms with Crippen LogP contribution >= 0.6 is 21.6 Å². The van der Waals surface area contributed by atoms with Gasteiger partial charge in [-0.25, -0.2) is 0 Å². The number of nitrogens with two attached hydrogens (primary N) is 4. The number of carboxylic acids is 2. The Bertz CT molecular complexity index is 464. The number of ketones is 1. The summed E-state index contributed by atoms with van der Waals surface area (Å²) < 4.78 is 0. The van der Waals surface area contributed by atoms with E-state index in [-0.39, 0.29) is 18.6 Å². The molecule has 1 unspecified atom stereocenters. The van der Waals surface area contributed by atoms with Gasteiger partial charge in [-0.3, -0.25) is 19.2 Å². The minimum Gasteiger partial charge on any atom is -0.480 e. The molecule has 12 heteroatoms. The van der Waals surface area contributed by atoms with Crippen LogP contribution < -0.4 is 22.9 Å². The SMILES string of the molecule is NC(=O)CC[C@H](N)C(=O)C(SSC[C@H](N)C(=O)O)[C@H](N)C(=O)O. The van der Waals surface area contributed by atoms with Crippen molar-refractivity contribution >= 4 is 45.2 Å². The first kappa shape index (κ1) is 21.7. The standard InChI is InChI=1S/C11H20N4O6S2/c12-4(1-2-6(14)16)8(17)9(7(15)11(20)21)23-22-3-5(13)10(18)19/h4-5,7,9H,1-3,12-13,15H2,(H2,14,16)(H,18,19)(H,20,21)/t4-,5-,7-,9?/m0/s1. The zero-order valence-corrected chi connectivity index (χ0v) is 13.7. The van der Waals surface area contributed by atoms with Crippen molar-refractivity contribution in [2.45, 2.75) is 36.2 Å². The van der Waals surface area contributed by atoms with Crippen molar-refractivity contribution in [3.05, 3.63) is 0 Å². The highest BCUT2D eigenvalue weighted by molar-refractivity contribution is 8.77. The molecule has 10 N–H and O–H groups in total. The highest BCUT2D eigenvalue weighted by atomic mass is 33.1. The largest absolute Gasteiger partial charge is 0.480 e. The van der Waals surface area contributed by atoms with Crippen LogP contribution in [0.5, 0.6) is 0 Å². The molecular weight excluding hydrogens is 348 g/mol. The topological polar surface area (TPSA) is 213 Å². The maximum atomic E-state index is 12.2. The zero-order valence-electron chi connectivity index (χ0n) is 12.1. The monoisotopic (exact) mass is 368 g/mol. The second kappa shape index (κ2) is 10.4. The molecule has 0 aromatic heterocycles. The Kier molecular flexibility index (Phi) is 9.83. The highest BCUT2D eigenvalue weighted by Gasteiger charge is 2.34. The molecule has 1 amide bonds. The van der Waals surface area contributed by atoms with Crippen molar-refractivity contribution in [3.8, 4) is 0 Å². The van der Waals surface area contributed by atoms with E-state index in [0.717, 1.165) is 21.6 Å². The lowest BCUT2D eigenvalue weighted by molar-refractivity contribution is -0.140. The fourth-order valence-corrected chi connectivity index (χ4v) is 4.10. The van der Waals surface area contributed by atoms with Crippen LogP contribution in [-0.4, -0.2) is 63.0 Å². The maximum Gasteiger partial charge on any atom is 0.322 e. The molecule has 0 bridgehead atoms. The van der Waals surface area contributed by atoms with Gasteiger partial charge in [-0.05, 0) is 6.42 Å². The Morgan fingerprint density at radius 2 is 1.52 bits per heavy atom. The van der Waals surface area contributed by atoms with E-state index in [4.69, 9.17) is 33.1 Å². The van der Waals surface area contributed by atoms with E-state index < -0.39 is 47.0 Å². The fraction of sp³-hybridized carbons (Fsp3) is 0.636. The molecule has 0 aliphatic rings. The number of primary amides is 1. The molecule has 0 aliphatic carbocycles. The van der Waals surface area contributed by atoms with Gasteiger partial charge in [-0.2, -0.15) is 0 Å². The van der Waals surface area contributed by atoms with E-state index in [1.807, 2.05) is 0 Å². The van der Waals surface area contributed by atoms with E-state index in [9.17, 15) is 19.2 Å². The Morgan fingerprint density at radius 1 is 0.957 bits per heavy atom. The van der Waals surface area contributed by atoms with Crippen LogP contribution in [0.3, 0.4) is 0 Å². The average molecular weight is 368 g/mol. The third-order valence-electron chi connectivity index (χ3n) is 2.70. The summed E-state index contributed by atoms with van der Waals surface area (Å²) in [6, 6.07) is -3.78. The van der Waals surface area contributed by atoms with Crippen LogP contribution in [0.4, 0.5) is 0 Å². The molecule has 0 saturated heterocycles. The predicted octanol–water partition coefficient (Wildman–Crippen LogP) is -2.28. The number of carboxylic acid groups (broad SMARTS) is 2. The molecule has 0 heterocycles. The first-order valence-electron chi connectivity index (χ1n) is 6.40. The minimum absolute atomic E-state index is 0.0309. The lowest BCUT2D eigenvalue weighted by Gasteiger charge is -2.22. The molecule has 132 valence electrons. The van der Waals surface area contributed by atoms with E-state index in [2.05, 4.69) is 0 Å². The first-order chi connectivity index (χ1) is 10.6. The van der Waals surface area contributed by atoms with Crippen molar-refractivity contribution in [3.63, 3.8) is 0 Å². The molecule has 0 aromatic rings. The fourth-order valence-electron chi connectivity index (χ4n) is 1.32. The Morgan fingerprint density at radius 3 is 1.96 bits per heavy atom. The van der Waals surface area contributed by atoms with Gasteiger partial charge in [0, 0.05) is 12.2 Å². The number of rotatable bonds is 12. The molecule has 10 nitrogen and oxygen atoms in total. The predicted molar refractivity (Wildman–Crippen MR) is 86.5 cm³/mol. The summed E-state index contributed by atoms with van der Waals surface area (Å²) in [5, 5.41) is 16.4. The normalized spacial score (nSPS) is 16.1. The van der Waals surface area contributed by atoms with E-state index in [1.165, 1.54) is 0 Å². The second-order valence-electron chi connectivity index (χ2n) is 4.62. The Labute approximate surface area is 140 Å². The summed E-state index contributed by atoms with van der Waals surface area (Å²) in [4.78, 5) is 44.5. The van der Waals surface area contributed by atoms with Crippen LogP contribution in [0.15, 0.2) is 0 Å².